The maximum atomic E-state index is 11.5. The third-order valence-electron chi connectivity index (χ3n) is 9.65. The van der Waals surface area contributed by atoms with Crippen molar-refractivity contribution in [1.82, 2.24) is 0 Å². The standard InChI is InChI=1S/C29H36O2/c1-20(30)31-24-15-17-29(3)23(19-24)11-13-25-26-14-12-22(28(26,2)18-16-27(25)29)10-9-21-7-5-4-6-8-21/h4-8,12,23-27H,11,13-19H2,1-3H3/t23-,24-,25+,26-,27+,28+,29+/m1/s1. The first-order valence-corrected chi connectivity index (χ1v) is 12.3. The van der Waals surface area contributed by atoms with Crippen LogP contribution >= 0.6 is 0 Å². The highest BCUT2D eigenvalue weighted by atomic mass is 16.5. The van der Waals surface area contributed by atoms with E-state index in [1.54, 1.807) is 6.92 Å². The summed E-state index contributed by atoms with van der Waals surface area (Å²) in [5.74, 6) is 9.99. The van der Waals surface area contributed by atoms with Gasteiger partial charge in [0.15, 0.2) is 0 Å². The fourth-order valence-electron chi connectivity index (χ4n) is 7.98. The molecule has 0 spiro atoms. The van der Waals surface area contributed by atoms with Crippen LogP contribution in [0, 0.1) is 46.3 Å². The summed E-state index contributed by atoms with van der Waals surface area (Å²) < 4.78 is 5.62. The first-order valence-electron chi connectivity index (χ1n) is 12.3. The molecule has 0 saturated heterocycles. The zero-order valence-corrected chi connectivity index (χ0v) is 19.3. The van der Waals surface area contributed by atoms with Crippen molar-refractivity contribution >= 4 is 5.97 Å². The molecule has 164 valence electrons. The predicted octanol–water partition coefficient (Wildman–Crippen LogP) is 6.55. The Labute approximate surface area is 187 Å². The lowest BCUT2D eigenvalue weighted by molar-refractivity contribution is -0.158. The fraction of sp³-hybridized carbons (Fsp3) is 0.621. The van der Waals surface area contributed by atoms with Gasteiger partial charge in [0.2, 0.25) is 0 Å². The van der Waals surface area contributed by atoms with Crippen LogP contribution < -0.4 is 0 Å². The molecular formula is C29H36O2. The second-order valence-electron chi connectivity index (χ2n) is 11.1. The number of fused-ring (bicyclic) bond motifs is 5. The van der Waals surface area contributed by atoms with Crippen molar-refractivity contribution in [3.63, 3.8) is 0 Å². The van der Waals surface area contributed by atoms with Gasteiger partial charge < -0.3 is 4.74 Å². The minimum absolute atomic E-state index is 0.114. The van der Waals surface area contributed by atoms with Crippen LogP contribution in [0.4, 0.5) is 0 Å². The normalized spacial score (nSPS) is 41.0. The number of hydrogen-bond acceptors (Lipinski definition) is 2. The highest BCUT2D eigenvalue weighted by Gasteiger charge is 2.58. The molecule has 0 unspecified atom stereocenters. The smallest absolute Gasteiger partial charge is 0.302 e. The summed E-state index contributed by atoms with van der Waals surface area (Å²) in [6.07, 6.45) is 12.4. The second-order valence-corrected chi connectivity index (χ2v) is 11.1. The van der Waals surface area contributed by atoms with Crippen molar-refractivity contribution in [2.75, 3.05) is 0 Å². The first kappa shape index (κ1) is 20.9. The third kappa shape index (κ3) is 3.55. The molecule has 1 aromatic rings. The first-order chi connectivity index (χ1) is 14.9. The molecule has 0 aromatic heterocycles. The van der Waals surface area contributed by atoms with Gasteiger partial charge >= 0.3 is 5.97 Å². The van der Waals surface area contributed by atoms with Crippen LogP contribution in [-0.4, -0.2) is 12.1 Å². The van der Waals surface area contributed by atoms with Gasteiger partial charge in [-0.15, -0.1) is 0 Å². The number of esters is 1. The summed E-state index contributed by atoms with van der Waals surface area (Å²) >= 11 is 0. The van der Waals surface area contributed by atoms with E-state index in [9.17, 15) is 4.79 Å². The second kappa shape index (κ2) is 7.84. The van der Waals surface area contributed by atoms with E-state index in [0.29, 0.717) is 11.3 Å². The Kier molecular flexibility index (Phi) is 5.28. The summed E-state index contributed by atoms with van der Waals surface area (Å²) in [6, 6.07) is 10.4. The van der Waals surface area contributed by atoms with Gasteiger partial charge in [-0.1, -0.05) is 50.0 Å². The maximum absolute atomic E-state index is 11.5. The van der Waals surface area contributed by atoms with E-state index in [0.717, 1.165) is 36.2 Å². The van der Waals surface area contributed by atoms with E-state index in [1.807, 2.05) is 0 Å². The van der Waals surface area contributed by atoms with Gasteiger partial charge in [-0.05, 0) is 92.6 Å². The molecule has 4 aliphatic carbocycles. The van der Waals surface area contributed by atoms with Gasteiger partial charge in [-0.25, -0.2) is 0 Å². The Morgan fingerprint density at radius 2 is 1.81 bits per heavy atom. The van der Waals surface area contributed by atoms with Crippen molar-refractivity contribution in [3.8, 4) is 11.8 Å². The SMILES string of the molecule is CC(=O)O[C@@H]1CC[C@@]2(C)[C@H](CC[C@H]3[C@H]4CC=C(C#Cc5ccccc5)[C@]4(C)CC[C@@H]32)C1. The molecule has 3 saturated carbocycles. The Bertz CT molecular complexity index is 934. The third-order valence-corrected chi connectivity index (χ3v) is 9.65. The van der Waals surface area contributed by atoms with Gasteiger partial charge in [-0.2, -0.15) is 0 Å². The molecule has 31 heavy (non-hydrogen) atoms. The number of allylic oxidation sites excluding steroid dienone is 2. The van der Waals surface area contributed by atoms with E-state index < -0.39 is 0 Å². The molecule has 1 aromatic carbocycles. The predicted molar refractivity (Wildman–Crippen MR) is 124 cm³/mol. The molecule has 0 N–H and O–H groups in total. The molecule has 0 radical (unpaired) electrons. The number of carbonyl (C=O) groups is 1. The molecule has 3 fully saturated rings. The topological polar surface area (TPSA) is 26.3 Å². The number of carbonyl (C=O) groups excluding carboxylic acids is 1. The van der Waals surface area contributed by atoms with Gasteiger partial charge in [-0.3, -0.25) is 4.79 Å². The number of ether oxygens (including phenoxy) is 1. The zero-order valence-electron chi connectivity index (χ0n) is 19.3. The molecule has 0 bridgehead atoms. The summed E-state index contributed by atoms with van der Waals surface area (Å²) in [5, 5.41) is 0. The van der Waals surface area contributed by atoms with E-state index >= 15 is 0 Å². The van der Waals surface area contributed by atoms with Gasteiger partial charge in [0, 0.05) is 23.5 Å². The lowest BCUT2D eigenvalue weighted by atomic mass is 9.44. The molecule has 2 heteroatoms. The van der Waals surface area contributed by atoms with Crippen molar-refractivity contribution in [3.05, 3.63) is 47.5 Å². The lowest BCUT2D eigenvalue weighted by Crippen LogP contribution is -2.53. The monoisotopic (exact) mass is 416 g/mol. The van der Waals surface area contributed by atoms with Crippen LogP contribution in [0.25, 0.3) is 0 Å². The van der Waals surface area contributed by atoms with Gasteiger partial charge in [0.05, 0.1) is 0 Å². The van der Waals surface area contributed by atoms with Crippen LogP contribution in [0.2, 0.25) is 0 Å². The summed E-state index contributed by atoms with van der Waals surface area (Å²) in [7, 11) is 0. The molecule has 0 aliphatic heterocycles. The maximum Gasteiger partial charge on any atom is 0.302 e. The summed E-state index contributed by atoms with van der Waals surface area (Å²) in [6.45, 7) is 6.62. The number of hydrogen-bond donors (Lipinski definition) is 0. The van der Waals surface area contributed by atoms with Crippen LogP contribution in [0.1, 0.15) is 77.7 Å². The molecule has 7 atom stereocenters. The minimum Gasteiger partial charge on any atom is -0.463 e. The van der Waals surface area contributed by atoms with E-state index in [-0.39, 0.29) is 17.5 Å². The Hall–Kier alpha value is -2.01. The summed E-state index contributed by atoms with van der Waals surface area (Å²) in [4.78, 5) is 11.5. The van der Waals surface area contributed by atoms with Crippen LogP contribution in [0.15, 0.2) is 42.0 Å². The van der Waals surface area contributed by atoms with Gasteiger partial charge in [0.1, 0.15) is 6.10 Å². The van der Waals surface area contributed by atoms with E-state index in [1.165, 1.54) is 44.1 Å². The quantitative estimate of drug-likeness (QED) is 0.383. The molecule has 0 heterocycles. The number of rotatable bonds is 1. The highest BCUT2D eigenvalue weighted by molar-refractivity contribution is 5.66. The zero-order chi connectivity index (χ0) is 21.6. The molecule has 4 aliphatic rings. The van der Waals surface area contributed by atoms with E-state index in [4.69, 9.17) is 4.74 Å². The fourth-order valence-corrected chi connectivity index (χ4v) is 7.98. The van der Waals surface area contributed by atoms with Crippen LogP contribution in [-0.2, 0) is 9.53 Å². The van der Waals surface area contributed by atoms with Gasteiger partial charge in [0.25, 0.3) is 0 Å². The Morgan fingerprint density at radius 1 is 1.00 bits per heavy atom. The Balaban J connectivity index is 1.33. The summed E-state index contributed by atoms with van der Waals surface area (Å²) in [5.41, 5.74) is 3.17. The van der Waals surface area contributed by atoms with Crippen molar-refractivity contribution in [2.45, 2.75) is 78.2 Å². The molecule has 2 nitrogen and oxygen atoms in total. The largest absolute Gasteiger partial charge is 0.463 e. The molecule has 0 amide bonds. The van der Waals surface area contributed by atoms with Crippen LogP contribution in [0.3, 0.4) is 0 Å². The van der Waals surface area contributed by atoms with Crippen molar-refractivity contribution < 1.29 is 9.53 Å². The minimum atomic E-state index is -0.114. The lowest BCUT2D eigenvalue weighted by Gasteiger charge is -2.60. The molecular weight excluding hydrogens is 380 g/mol. The van der Waals surface area contributed by atoms with E-state index in [2.05, 4.69) is 62.1 Å². The molecule has 5 rings (SSSR count). The van der Waals surface area contributed by atoms with Crippen molar-refractivity contribution in [1.29, 1.82) is 0 Å². The number of benzene rings is 1. The Morgan fingerprint density at radius 3 is 2.58 bits per heavy atom. The average Bonchev–Trinajstić information content (AvgIpc) is 3.09. The van der Waals surface area contributed by atoms with Crippen molar-refractivity contribution in [2.24, 2.45) is 34.5 Å². The van der Waals surface area contributed by atoms with Crippen LogP contribution in [0.5, 0.6) is 0 Å². The average molecular weight is 417 g/mol. The highest BCUT2D eigenvalue weighted by Crippen LogP contribution is 2.66.